The SMILES string of the molecule is CCCN1C(=O)CNC1c1cccc(OC)c1. The zero-order valence-electron chi connectivity index (χ0n) is 10.3. The minimum Gasteiger partial charge on any atom is -0.497 e. The Bertz CT molecular complexity index is 406. The molecular weight excluding hydrogens is 216 g/mol. The number of carbonyl (C=O) groups excluding carboxylic acids is 1. The molecule has 1 saturated heterocycles. The number of carbonyl (C=O) groups is 1. The molecule has 1 aromatic rings. The van der Waals surface area contributed by atoms with Crippen LogP contribution in [0.1, 0.15) is 25.1 Å². The van der Waals surface area contributed by atoms with Crippen molar-refractivity contribution in [2.24, 2.45) is 0 Å². The molecule has 0 aliphatic carbocycles. The molecule has 1 N–H and O–H groups in total. The van der Waals surface area contributed by atoms with Crippen molar-refractivity contribution >= 4 is 5.91 Å². The highest BCUT2D eigenvalue weighted by atomic mass is 16.5. The van der Waals surface area contributed by atoms with Gasteiger partial charge in [-0.05, 0) is 24.1 Å². The molecule has 1 amide bonds. The van der Waals surface area contributed by atoms with Gasteiger partial charge < -0.3 is 9.64 Å². The fourth-order valence-corrected chi connectivity index (χ4v) is 2.14. The van der Waals surface area contributed by atoms with Gasteiger partial charge in [-0.15, -0.1) is 0 Å². The van der Waals surface area contributed by atoms with Crippen molar-refractivity contribution in [1.29, 1.82) is 0 Å². The van der Waals surface area contributed by atoms with Crippen molar-refractivity contribution in [2.75, 3.05) is 20.2 Å². The van der Waals surface area contributed by atoms with Gasteiger partial charge in [0.05, 0.1) is 13.7 Å². The van der Waals surface area contributed by atoms with Crippen LogP contribution in [0.3, 0.4) is 0 Å². The Labute approximate surface area is 102 Å². The summed E-state index contributed by atoms with van der Waals surface area (Å²) in [6.07, 6.45) is 0.950. The number of nitrogens with zero attached hydrogens (tertiary/aromatic N) is 1. The molecule has 0 saturated carbocycles. The van der Waals surface area contributed by atoms with E-state index in [9.17, 15) is 4.79 Å². The molecule has 0 bridgehead atoms. The van der Waals surface area contributed by atoms with Crippen LogP contribution in [0.15, 0.2) is 24.3 Å². The minimum atomic E-state index is -0.0162. The van der Waals surface area contributed by atoms with E-state index in [0.717, 1.165) is 24.3 Å². The highest BCUT2D eigenvalue weighted by Crippen LogP contribution is 2.25. The zero-order valence-corrected chi connectivity index (χ0v) is 10.3. The monoisotopic (exact) mass is 234 g/mol. The van der Waals surface area contributed by atoms with Crippen LogP contribution in [0.25, 0.3) is 0 Å². The summed E-state index contributed by atoms with van der Waals surface area (Å²) in [4.78, 5) is 13.6. The van der Waals surface area contributed by atoms with Crippen molar-refractivity contribution in [1.82, 2.24) is 10.2 Å². The van der Waals surface area contributed by atoms with Crippen molar-refractivity contribution in [3.05, 3.63) is 29.8 Å². The third-order valence-electron chi connectivity index (χ3n) is 2.95. The van der Waals surface area contributed by atoms with Gasteiger partial charge in [0.25, 0.3) is 0 Å². The third-order valence-corrected chi connectivity index (χ3v) is 2.95. The number of methoxy groups -OCH3 is 1. The summed E-state index contributed by atoms with van der Waals surface area (Å²) in [6, 6.07) is 7.84. The molecule has 92 valence electrons. The van der Waals surface area contributed by atoms with Gasteiger partial charge in [-0.1, -0.05) is 19.1 Å². The Morgan fingerprint density at radius 3 is 3.06 bits per heavy atom. The fourth-order valence-electron chi connectivity index (χ4n) is 2.14. The Morgan fingerprint density at radius 2 is 2.35 bits per heavy atom. The lowest BCUT2D eigenvalue weighted by Gasteiger charge is -2.24. The number of hydrogen-bond acceptors (Lipinski definition) is 3. The van der Waals surface area contributed by atoms with Gasteiger partial charge in [0.1, 0.15) is 11.9 Å². The van der Waals surface area contributed by atoms with Crippen LogP contribution in [0.4, 0.5) is 0 Å². The number of amides is 1. The maximum absolute atomic E-state index is 11.7. The Morgan fingerprint density at radius 1 is 1.53 bits per heavy atom. The fraction of sp³-hybridized carbons (Fsp3) is 0.462. The summed E-state index contributed by atoms with van der Waals surface area (Å²) in [5, 5.41) is 3.23. The topological polar surface area (TPSA) is 41.6 Å². The lowest BCUT2D eigenvalue weighted by Crippen LogP contribution is -2.30. The van der Waals surface area contributed by atoms with Crippen LogP contribution >= 0.6 is 0 Å². The normalized spacial score (nSPS) is 19.8. The molecule has 4 heteroatoms. The van der Waals surface area contributed by atoms with Crippen LogP contribution in [-0.4, -0.2) is 31.0 Å². The van der Waals surface area contributed by atoms with Gasteiger partial charge in [-0.2, -0.15) is 0 Å². The molecule has 1 fully saturated rings. The average molecular weight is 234 g/mol. The molecule has 0 spiro atoms. The van der Waals surface area contributed by atoms with Gasteiger partial charge >= 0.3 is 0 Å². The number of ether oxygens (including phenoxy) is 1. The first-order chi connectivity index (χ1) is 8.26. The van der Waals surface area contributed by atoms with Crippen LogP contribution < -0.4 is 10.1 Å². The summed E-state index contributed by atoms with van der Waals surface area (Å²) in [7, 11) is 1.65. The van der Waals surface area contributed by atoms with Crippen molar-refractivity contribution in [3.63, 3.8) is 0 Å². The molecule has 1 aromatic carbocycles. The predicted octanol–water partition coefficient (Wildman–Crippen LogP) is 1.54. The number of hydrogen-bond donors (Lipinski definition) is 1. The molecule has 0 aromatic heterocycles. The molecule has 1 aliphatic rings. The molecule has 1 unspecified atom stereocenters. The second-order valence-corrected chi connectivity index (χ2v) is 4.15. The molecule has 1 aliphatic heterocycles. The van der Waals surface area contributed by atoms with E-state index in [1.54, 1.807) is 7.11 Å². The summed E-state index contributed by atoms with van der Waals surface area (Å²) in [5.41, 5.74) is 1.07. The summed E-state index contributed by atoms with van der Waals surface area (Å²) >= 11 is 0. The summed E-state index contributed by atoms with van der Waals surface area (Å²) in [6.45, 7) is 3.28. The van der Waals surface area contributed by atoms with Crippen LogP contribution in [0.2, 0.25) is 0 Å². The van der Waals surface area contributed by atoms with E-state index in [4.69, 9.17) is 4.74 Å². The maximum atomic E-state index is 11.7. The zero-order chi connectivity index (χ0) is 12.3. The average Bonchev–Trinajstić information content (AvgIpc) is 2.72. The van der Waals surface area contributed by atoms with Gasteiger partial charge in [0.2, 0.25) is 5.91 Å². The van der Waals surface area contributed by atoms with Crippen molar-refractivity contribution < 1.29 is 9.53 Å². The van der Waals surface area contributed by atoms with Crippen LogP contribution in [-0.2, 0) is 4.79 Å². The first kappa shape index (κ1) is 11.9. The van der Waals surface area contributed by atoms with Crippen molar-refractivity contribution in [3.8, 4) is 5.75 Å². The molecule has 1 atom stereocenters. The van der Waals surface area contributed by atoms with Gasteiger partial charge in [0, 0.05) is 6.54 Å². The lowest BCUT2D eigenvalue weighted by atomic mass is 10.1. The standard InChI is InChI=1S/C13H18N2O2/c1-3-7-15-12(16)9-14-13(15)10-5-4-6-11(8-10)17-2/h4-6,8,13-14H,3,7,9H2,1-2H3. The quantitative estimate of drug-likeness (QED) is 0.859. The Balaban J connectivity index is 2.22. The van der Waals surface area contributed by atoms with E-state index in [1.807, 2.05) is 29.2 Å². The van der Waals surface area contributed by atoms with Gasteiger partial charge in [-0.3, -0.25) is 10.1 Å². The first-order valence-corrected chi connectivity index (χ1v) is 5.93. The Kier molecular flexibility index (Phi) is 3.64. The molecule has 4 nitrogen and oxygen atoms in total. The number of nitrogens with one attached hydrogen (secondary N) is 1. The maximum Gasteiger partial charge on any atom is 0.238 e. The van der Waals surface area contributed by atoms with Crippen LogP contribution in [0.5, 0.6) is 5.75 Å². The van der Waals surface area contributed by atoms with E-state index in [1.165, 1.54) is 0 Å². The predicted molar refractivity (Wildman–Crippen MR) is 65.7 cm³/mol. The highest BCUT2D eigenvalue weighted by molar-refractivity contribution is 5.80. The second-order valence-electron chi connectivity index (χ2n) is 4.15. The van der Waals surface area contributed by atoms with E-state index >= 15 is 0 Å². The minimum absolute atomic E-state index is 0.0162. The summed E-state index contributed by atoms with van der Waals surface area (Å²) < 4.78 is 5.21. The molecule has 1 heterocycles. The van der Waals surface area contributed by atoms with Crippen LogP contribution in [0, 0.1) is 0 Å². The smallest absolute Gasteiger partial charge is 0.238 e. The van der Waals surface area contributed by atoms with E-state index in [2.05, 4.69) is 12.2 Å². The van der Waals surface area contributed by atoms with Crippen molar-refractivity contribution in [2.45, 2.75) is 19.5 Å². The second kappa shape index (κ2) is 5.19. The number of benzene rings is 1. The Hall–Kier alpha value is -1.55. The first-order valence-electron chi connectivity index (χ1n) is 5.93. The molecule has 2 rings (SSSR count). The molecule has 17 heavy (non-hydrogen) atoms. The molecule has 0 radical (unpaired) electrons. The lowest BCUT2D eigenvalue weighted by molar-refractivity contribution is -0.128. The summed E-state index contributed by atoms with van der Waals surface area (Å²) in [5.74, 6) is 0.986. The van der Waals surface area contributed by atoms with E-state index in [-0.39, 0.29) is 12.1 Å². The third kappa shape index (κ3) is 2.42. The number of rotatable bonds is 4. The van der Waals surface area contributed by atoms with E-state index in [0.29, 0.717) is 6.54 Å². The van der Waals surface area contributed by atoms with Gasteiger partial charge in [0.15, 0.2) is 0 Å². The molecular formula is C13H18N2O2. The largest absolute Gasteiger partial charge is 0.497 e. The van der Waals surface area contributed by atoms with E-state index < -0.39 is 0 Å². The van der Waals surface area contributed by atoms with Gasteiger partial charge in [-0.25, -0.2) is 0 Å². The highest BCUT2D eigenvalue weighted by Gasteiger charge is 2.30.